The van der Waals surface area contributed by atoms with Crippen LogP contribution in [0.3, 0.4) is 0 Å². The molecule has 44 heavy (non-hydrogen) atoms. The molecule has 6 aromatic rings. The maximum atomic E-state index is 16.6. The Hall–Kier alpha value is -4.86. The minimum atomic E-state index is -1.23. The standard InChI is InChI=1S/C34H35FN8O/c1-33(2)16-8-11-29(35)34(3,22-9-6-5-7-10-22)32-38-31(42(4)40-32)27-19-23(14-17-37-27)44-28-13-12-26-24(15-18-36-26)25(28)20-43-21-30(33)39-41-43/h5-7,9-10,12-15,17-19,21,29,36H,8,11,16,20H2,1-4H3. The number of halogens is 1. The molecule has 1 aliphatic heterocycles. The zero-order valence-corrected chi connectivity index (χ0v) is 25.3. The van der Waals surface area contributed by atoms with Gasteiger partial charge in [-0.2, -0.15) is 5.10 Å². The van der Waals surface area contributed by atoms with E-state index in [1.54, 1.807) is 10.9 Å². The smallest absolute Gasteiger partial charge is 0.176 e. The van der Waals surface area contributed by atoms with E-state index in [2.05, 4.69) is 34.1 Å². The number of benzene rings is 2. The van der Waals surface area contributed by atoms with Crippen LogP contribution in [0, 0.1) is 0 Å². The molecule has 2 unspecified atom stereocenters. The normalized spacial score (nSPS) is 20.2. The summed E-state index contributed by atoms with van der Waals surface area (Å²) in [6, 6.07) is 19.4. The molecule has 2 aromatic carbocycles. The number of hydrogen-bond acceptors (Lipinski definition) is 6. The largest absolute Gasteiger partial charge is 0.457 e. The second-order valence-electron chi connectivity index (χ2n) is 12.5. The Bertz CT molecular complexity index is 1940. The number of aromatic nitrogens is 8. The predicted molar refractivity (Wildman–Crippen MR) is 166 cm³/mol. The van der Waals surface area contributed by atoms with Crippen molar-refractivity contribution in [3.05, 3.63) is 102 Å². The predicted octanol–water partition coefficient (Wildman–Crippen LogP) is 6.90. The minimum absolute atomic E-state index is 0.301. The SMILES string of the molecule is Cn1nc2nc1-c1cc(ccn1)Oc1ccc3[nH]ccc3c1Cn1cc(nn1)C(C)(C)CCCC(F)C2(C)c1ccccc1. The maximum absolute atomic E-state index is 16.6. The molecule has 6 bridgehead atoms. The highest BCUT2D eigenvalue weighted by atomic mass is 19.1. The van der Waals surface area contributed by atoms with Gasteiger partial charge < -0.3 is 9.72 Å². The van der Waals surface area contributed by atoms with Crippen LogP contribution in [0.1, 0.15) is 62.7 Å². The number of rotatable bonds is 1. The van der Waals surface area contributed by atoms with Crippen LogP contribution in [-0.2, 0) is 24.4 Å². The summed E-state index contributed by atoms with van der Waals surface area (Å²) in [5.74, 6) is 2.26. The fourth-order valence-corrected chi connectivity index (χ4v) is 6.21. The molecule has 10 heteroatoms. The highest BCUT2D eigenvalue weighted by molar-refractivity contribution is 5.85. The lowest BCUT2D eigenvalue weighted by atomic mass is 9.74. The van der Waals surface area contributed by atoms with Gasteiger partial charge in [-0.3, -0.25) is 4.98 Å². The van der Waals surface area contributed by atoms with Gasteiger partial charge in [-0.25, -0.2) is 18.7 Å². The van der Waals surface area contributed by atoms with E-state index in [9.17, 15) is 0 Å². The van der Waals surface area contributed by atoms with Crippen LogP contribution >= 0.6 is 0 Å². The molecule has 224 valence electrons. The molecule has 1 N–H and O–H groups in total. The van der Waals surface area contributed by atoms with Crippen LogP contribution in [0.4, 0.5) is 4.39 Å². The minimum Gasteiger partial charge on any atom is -0.457 e. The number of hydrogen-bond donors (Lipinski definition) is 1. The molecule has 9 nitrogen and oxygen atoms in total. The number of aromatic amines is 1. The molecule has 7 rings (SSSR count). The molecule has 0 saturated heterocycles. The van der Waals surface area contributed by atoms with E-state index in [1.165, 1.54) is 0 Å². The number of H-pyrrole nitrogens is 1. The third-order valence-corrected chi connectivity index (χ3v) is 9.03. The number of fused-ring (bicyclic) bond motifs is 10. The van der Waals surface area contributed by atoms with Gasteiger partial charge in [-0.1, -0.05) is 49.4 Å². The summed E-state index contributed by atoms with van der Waals surface area (Å²) < 4.78 is 26.7. The first-order valence-electron chi connectivity index (χ1n) is 15.0. The van der Waals surface area contributed by atoms with Gasteiger partial charge in [0.05, 0.1) is 17.7 Å². The average Bonchev–Trinajstić information content (AvgIpc) is 3.78. The Balaban J connectivity index is 1.37. The lowest BCUT2D eigenvalue weighted by molar-refractivity contribution is 0.201. The number of pyridine rings is 1. The van der Waals surface area contributed by atoms with Crippen LogP contribution in [0.2, 0.25) is 0 Å². The summed E-state index contributed by atoms with van der Waals surface area (Å²) in [6.45, 7) is 6.65. The molecule has 0 aliphatic carbocycles. The fraction of sp³-hybridized carbons (Fsp3) is 0.324. The van der Waals surface area contributed by atoms with Crippen molar-refractivity contribution in [1.29, 1.82) is 0 Å². The van der Waals surface area contributed by atoms with E-state index in [4.69, 9.17) is 14.8 Å². The van der Waals surface area contributed by atoms with Gasteiger partial charge in [0.15, 0.2) is 11.6 Å². The van der Waals surface area contributed by atoms with E-state index >= 15 is 4.39 Å². The second kappa shape index (κ2) is 10.7. The zero-order valence-electron chi connectivity index (χ0n) is 25.3. The molecule has 5 heterocycles. The van der Waals surface area contributed by atoms with Crippen LogP contribution < -0.4 is 4.74 Å². The number of ether oxygens (including phenoxy) is 1. The maximum Gasteiger partial charge on any atom is 0.176 e. The summed E-state index contributed by atoms with van der Waals surface area (Å²) in [4.78, 5) is 12.8. The van der Waals surface area contributed by atoms with Gasteiger partial charge >= 0.3 is 0 Å². The molecule has 0 saturated carbocycles. The third-order valence-electron chi connectivity index (χ3n) is 9.03. The van der Waals surface area contributed by atoms with Gasteiger partial charge in [0, 0.05) is 53.6 Å². The zero-order chi connectivity index (χ0) is 30.5. The lowest BCUT2D eigenvalue weighted by Gasteiger charge is -2.32. The monoisotopic (exact) mass is 590 g/mol. The quantitative estimate of drug-likeness (QED) is 0.224. The summed E-state index contributed by atoms with van der Waals surface area (Å²) >= 11 is 0. The van der Waals surface area contributed by atoms with Crippen LogP contribution in [0.5, 0.6) is 11.5 Å². The summed E-state index contributed by atoms with van der Waals surface area (Å²) in [7, 11) is 1.82. The van der Waals surface area contributed by atoms with E-state index in [1.807, 2.05) is 91.7 Å². The van der Waals surface area contributed by atoms with E-state index in [0.29, 0.717) is 48.2 Å². The molecule has 0 spiro atoms. The Morgan fingerprint density at radius 2 is 1.89 bits per heavy atom. The van der Waals surface area contributed by atoms with E-state index in [-0.39, 0.29) is 5.41 Å². The van der Waals surface area contributed by atoms with Crippen molar-refractivity contribution < 1.29 is 9.13 Å². The molecular formula is C34H35FN8O. The molecule has 0 fully saturated rings. The van der Waals surface area contributed by atoms with Gasteiger partial charge in [0.2, 0.25) is 0 Å². The highest BCUT2D eigenvalue weighted by Crippen LogP contribution is 2.40. The summed E-state index contributed by atoms with van der Waals surface area (Å²) in [6.07, 6.45) is 6.13. The van der Waals surface area contributed by atoms with Crippen molar-refractivity contribution in [1.82, 2.24) is 39.7 Å². The van der Waals surface area contributed by atoms with Crippen molar-refractivity contribution in [2.24, 2.45) is 7.05 Å². The molecule has 2 atom stereocenters. The van der Waals surface area contributed by atoms with Crippen molar-refractivity contribution in [2.75, 3.05) is 0 Å². The third kappa shape index (κ3) is 4.84. The number of nitrogens with one attached hydrogen (secondary N) is 1. The molecule has 0 radical (unpaired) electrons. The lowest BCUT2D eigenvalue weighted by Crippen LogP contribution is -2.37. The molecule has 4 aromatic heterocycles. The van der Waals surface area contributed by atoms with Gasteiger partial charge in [-0.15, -0.1) is 5.10 Å². The Kier molecular flexibility index (Phi) is 6.79. The number of nitrogens with zero attached hydrogens (tertiary/aromatic N) is 7. The Morgan fingerprint density at radius 3 is 2.73 bits per heavy atom. The first kappa shape index (κ1) is 27.9. The van der Waals surface area contributed by atoms with Crippen LogP contribution in [0.25, 0.3) is 22.4 Å². The van der Waals surface area contributed by atoms with Gasteiger partial charge in [-0.05, 0) is 56.0 Å². The number of aryl methyl sites for hydroxylation is 1. The van der Waals surface area contributed by atoms with Crippen LogP contribution in [-0.4, -0.2) is 45.9 Å². The average molecular weight is 591 g/mol. The van der Waals surface area contributed by atoms with Crippen LogP contribution in [0.15, 0.2) is 79.3 Å². The topological polar surface area (TPSA) is 99.3 Å². The first-order valence-corrected chi connectivity index (χ1v) is 15.0. The summed E-state index contributed by atoms with van der Waals surface area (Å²) in [5.41, 5.74) is 2.91. The van der Waals surface area contributed by atoms with E-state index < -0.39 is 11.6 Å². The second-order valence-corrected chi connectivity index (χ2v) is 12.5. The van der Waals surface area contributed by atoms with Gasteiger partial charge in [0.25, 0.3) is 0 Å². The van der Waals surface area contributed by atoms with Gasteiger partial charge in [0.1, 0.15) is 23.4 Å². The summed E-state index contributed by atoms with van der Waals surface area (Å²) in [5, 5.41) is 14.9. The first-order chi connectivity index (χ1) is 21.2. The Morgan fingerprint density at radius 1 is 1.05 bits per heavy atom. The van der Waals surface area contributed by atoms with E-state index in [0.717, 1.165) is 34.1 Å². The molecule has 1 aliphatic rings. The molecular weight excluding hydrogens is 555 g/mol. The van der Waals surface area contributed by atoms with Crippen molar-refractivity contribution >= 4 is 10.9 Å². The van der Waals surface area contributed by atoms with Crippen molar-refractivity contribution in [3.63, 3.8) is 0 Å². The molecule has 0 amide bonds. The van der Waals surface area contributed by atoms with Crippen molar-refractivity contribution in [2.45, 2.75) is 63.6 Å². The van der Waals surface area contributed by atoms with Crippen molar-refractivity contribution in [3.8, 4) is 23.0 Å². The Labute approximate surface area is 255 Å². The fourth-order valence-electron chi connectivity index (χ4n) is 6.21. The highest BCUT2D eigenvalue weighted by Gasteiger charge is 2.42. The number of alkyl halides is 1.